The molecule has 0 bridgehead atoms. The molecule has 29 heavy (non-hydrogen) atoms. The van der Waals surface area contributed by atoms with Crippen LogP contribution in [0.2, 0.25) is 0 Å². The minimum atomic E-state index is -5.60. The number of alkyl halides is 3. The predicted octanol–water partition coefficient (Wildman–Crippen LogP) is 3.26. The normalized spacial score (nSPS) is 12.9. The van der Waals surface area contributed by atoms with Gasteiger partial charge in [-0.15, -0.1) is 11.3 Å². The van der Waals surface area contributed by atoms with Crippen LogP contribution in [0.1, 0.15) is 24.3 Å². The lowest BCUT2D eigenvalue weighted by molar-refractivity contribution is -0.120. The average Bonchev–Trinajstić information content (AvgIpc) is 3.14. The highest BCUT2D eigenvalue weighted by Gasteiger charge is 2.47. The zero-order chi connectivity index (χ0) is 21.8. The molecule has 0 saturated carbocycles. The summed E-state index contributed by atoms with van der Waals surface area (Å²) >= 11 is 1.31. The van der Waals surface area contributed by atoms with E-state index in [0.717, 1.165) is 12.1 Å². The fourth-order valence-corrected chi connectivity index (χ4v) is 4.00. The molecule has 0 radical (unpaired) electrons. The Hall–Kier alpha value is -2.60. The van der Waals surface area contributed by atoms with Gasteiger partial charge in [0.1, 0.15) is 5.75 Å². The molecule has 158 valence electrons. The van der Waals surface area contributed by atoms with Gasteiger partial charge in [-0.05, 0) is 29.6 Å². The Morgan fingerprint density at radius 1 is 1.24 bits per heavy atom. The van der Waals surface area contributed by atoms with Gasteiger partial charge in [0.15, 0.2) is 0 Å². The number of anilines is 1. The van der Waals surface area contributed by atoms with Gasteiger partial charge in [-0.2, -0.15) is 13.2 Å². The number of halogens is 3. The lowest BCUT2D eigenvalue weighted by Crippen LogP contribution is -2.29. The predicted molar refractivity (Wildman–Crippen MR) is 100 cm³/mol. The molecule has 1 atom stereocenters. The first-order valence-corrected chi connectivity index (χ1v) is 10.4. The molecule has 0 aliphatic rings. The molecule has 2 aromatic rings. The Morgan fingerprint density at radius 3 is 2.45 bits per heavy atom. The zero-order valence-corrected chi connectivity index (χ0v) is 16.9. The Balaban J connectivity index is 2.28. The lowest BCUT2D eigenvalue weighted by Gasteiger charge is -2.17. The number of benzene rings is 1. The molecule has 1 unspecified atom stereocenters. The molecule has 0 spiro atoms. The quantitative estimate of drug-likeness (QED) is 0.674. The van der Waals surface area contributed by atoms with Crippen molar-refractivity contribution in [1.82, 2.24) is 5.32 Å². The van der Waals surface area contributed by atoms with Gasteiger partial charge in [-0.3, -0.25) is 9.59 Å². The number of carbonyl (C=O) groups is 2. The summed E-state index contributed by atoms with van der Waals surface area (Å²) in [6.45, 7) is 1.28. The maximum atomic E-state index is 12.8. The molecule has 7 nitrogen and oxygen atoms in total. The molecule has 2 N–H and O–H groups in total. The van der Waals surface area contributed by atoms with Crippen molar-refractivity contribution in [2.45, 2.75) is 29.8 Å². The van der Waals surface area contributed by atoms with Crippen LogP contribution in [0.4, 0.5) is 18.9 Å². The monoisotopic (exact) mass is 450 g/mol. The molecule has 1 aromatic carbocycles. The summed E-state index contributed by atoms with van der Waals surface area (Å²) in [5, 5.41) is 6.73. The summed E-state index contributed by atoms with van der Waals surface area (Å²) in [6.07, 6.45) is -0.223. The molecule has 2 rings (SSSR count). The topological polar surface area (TPSA) is 102 Å². The highest BCUT2D eigenvalue weighted by molar-refractivity contribution is 7.92. The average molecular weight is 450 g/mol. The van der Waals surface area contributed by atoms with Crippen molar-refractivity contribution in [2.24, 2.45) is 0 Å². The van der Waals surface area contributed by atoms with Crippen LogP contribution in [0, 0.1) is 0 Å². The fraction of sp³-hybridized carbons (Fsp3) is 0.294. The molecule has 0 aliphatic heterocycles. The van der Waals surface area contributed by atoms with Crippen LogP contribution >= 0.6 is 11.3 Å². The number of sulfone groups is 1. The summed E-state index contributed by atoms with van der Waals surface area (Å²) in [5.41, 5.74) is -5.73. The zero-order valence-electron chi connectivity index (χ0n) is 15.2. The van der Waals surface area contributed by atoms with E-state index in [9.17, 15) is 31.2 Å². The Labute approximate surface area is 168 Å². The smallest absolute Gasteiger partial charge is 0.495 e. The number of hydrogen-bond donors (Lipinski definition) is 2. The minimum Gasteiger partial charge on any atom is -0.495 e. The highest BCUT2D eigenvalue weighted by atomic mass is 32.2. The maximum Gasteiger partial charge on any atom is 0.501 e. The van der Waals surface area contributed by atoms with Gasteiger partial charge in [0.25, 0.3) is 9.84 Å². The number of rotatable bonds is 7. The molecule has 12 heteroatoms. The van der Waals surface area contributed by atoms with E-state index < -0.39 is 32.2 Å². The van der Waals surface area contributed by atoms with Crippen LogP contribution in [0.5, 0.6) is 5.75 Å². The molecular weight excluding hydrogens is 433 g/mol. The van der Waals surface area contributed by atoms with Gasteiger partial charge in [0.05, 0.1) is 30.2 Å². The first kappa shape index (κ1) is 22.7. The fourth-order valence-electron chi connectivity index (χ4n) is 2.43. The van der Waals surface area contributed by atoms with Crippen molar-refractivity contribution in [2.75, 3.05) is 12.4 Å². The first-order valence-electron chi connectivity index (χ1n) is 8.05. The van der Waals surface area contributed by atoms with Gasteiger partial charge in [0.2, 0.25) is 11.8 Å². The van der Waals surface area contributed by atoms with Gasteiger partial charge >= 0.3 is 5.51 Å². The van der Waals surface area contributed by atoms with Gasteiger partial charge in [-0.25, -0.2) is 8.42 Å². The van der Waals surface area contributed by atoms with Crippen LogP contribution in [0.15, 0.2) is 40.6 Å². The van der Waals surface area contributed by atoms with Crippen molar-refractivity contribution in [3.05, 3.63) is 40.6 Å². The van der Waals surface area contributed by atoms with Crippen LogP contribution in [0.25, 0.3) is 0 Å². The SMILES string of the molecule is COc1ccc(S(=O)(=O)C(F)(F)F)cc1NC(=O)CC(NC(C)=O)c1cccs1. The Morgan fingerprint density at radius 2 is 1.93 bits per heavy atom. The van der Waals surface area contributed by atoms with Gasteiger partial charge in [0, 0.05) is 11.8 Å². The molecule has 0 saturated heterocycles. The minimum absolute atomic E-state index is 0.0216. The van der Waals surface area contributed by atoms with Crippen molar-refractivity contribution in [1.29, 1.82) is 0 Å². The third-order valence-electron chi connectivity index (χ3n) is 3.71. The first-order chi connectivity index (χ1) is 13.5. The van der Waals surface area contributed by atoms with E-state index in [1.165, 1.54) is 25.4 Å². The van der Waals surface area contributed by atoms with Crippen LogP contribution in [-0.2, 0) is 19.4 Å². The van der Waals surface area contributed by atoms with Crippen LogP contribution in [-0.4, -0.2) is 32.9 Å². The van der Waals surface area contributed by atoms with Crippen LogP contribution < -0.4 is 15.4 Å². The summed E-state index contributed by atoms with van der Waals surface area (Å²) in [4.78, 5) is 23.5. The molecule has 1 aromatic heterocycles. The third kappa shape index (κ3) is 5.48. The number of nitrogens with one attached hydrogen (secondary N) is 2. The number of carbonyl (C=O) groups excluding carboxylic acids is 2. The van der Waals surface area contributed by atoms with E-state index in [1.54, 1.807) is 17.5 Å². The van der Waals surface area contributed by atoms with Gasteiger partial charge in [-0.1, -0.05) is 6.07 Å². The van der Waals surface area contributed by atoms with Crippen molar-refractivity contribution in [3.63, 3.8) is 0 Å². The standard InChI is InChI=1S/C17H17F3N2O5S2/c1-10(23)21-13(15-4-3-7-28-15)9-16(24)22-12-8-11(5-6-14(12)27-2)29(25,26)17(18,19)20/h3-8,13H,9H2,1-2H3,(H,21,23)(H,22,24). The van der Waals surface area contributed by atoms with E-state index in [4.69, 9.17) is 4.74 Å². The largest absolute Gasteiger partial charge is 0.501 e. The van der Waals surface area contributed by atoms with Crippen molar-refractivity contribution < 1.29 is 35.9 Å². The molecular formula is C17H17F3N2O5S2. The van der Waals surface area contributed by atoms with E-state index in [-0.39, 0.29) is 23.8 Å². The molecule has 0 aliphatic carbocycles. The Kier molecular flexibility index (Phi) is 6.90. The van der Waals surface area contributed by atoms with E-state index in [0.29, 0.717) is 10.9 Å². The summed E-state index contributed by atoms with van der Waals surface area (Å²) in [6, 6.07) is 5.23. The summed E-state index contributed by atoms with van der Waals surface area (Å²) < 4.78 is 66.6. The van der Waals surface area contributed by atoms with Crippen molar-refractivity contribution in [3.8, 4) is 5.75 Å². The summed E-state index contributed by atoms with van der Waals surface area (Å²) in [7, 11) is -4.38. The number of amides is 2. The van der Waals surface area contributed by atoms with Crippen LogP contribution in [0.3, 0.4) is 0 Å². The summed E-state index contributed by atoms with van der Waals surface area (Å²) in [5.74, 6) is -1.05. The molecule has 0 fully saturated rings. The lowest BCUT2D eigenvalue weighted by atomic mass is 10.1. The Bertz CT molecular complexity index is 989. The van der Waals surface area contributed by atoms with E-state index in [2.05, 4.69) is 10.6 Å². The van der Waals surface area contributed by atoms with E-state index in [1.807, 2.05) is 0 Å². The second kappa shape index (κ2) is 8.82. The van der Waals surface area contributed by atoms with E-state index >= 15 is 0 Å². The van der Waals surface area contributed by atoms with Gasteiger partial charge < -0.3 is 15.4 Å². The van der Waals surface area contributed by atoms with Crippen molar-refractivity contribution >= 4 is 38.7 Å². The second-order valence-electron chi connectivity index (χ2n) is 5.83. The third-order valence-corrected chi connectivity index (χ3v) is 6.18. The number of methoxy groups -OCH3 is 1. The highest BCUT2D eigenvalue weighted by Crippen LogP contribution is 2.35. The number of thiophene rings is 1. The maximum absolute atomic E-state index is 12.8. The second-order valence-corrected chi connectivity index (χ2v) is 8.75. The molecule has 2 amide bonds. The number of ether oxygens (including phenoxy) is 1. The number of hydrogen-bond acceptors (Lipinski definition) is 6. The molecule has 1 heterocycles.